The molecule has 0 unspecified atom stereocenters. The highest BCUT2D eigenvalue weighted by molar-refractivity contribution is 5.76. The molecule has 2 aliphatic rings. The molecule has 1 amide bonds. The van der Waals surface area contributed by atoms with E-state index in [9.17, 15) is 4.79 Å². The van der Waals surface area contributed by atoms with Gasteiger partial charge in [-0.25, -0.2) is 0 Å². The molecule has 1 aromatic rings. The van der Waals surface area contributed by atoms with Gasteiger partial charge in [0.05, 0.1) is 5.92 Å². The molecule has 0 aromatic carbocycles. The molecular weight excluding hydrogens is 278 g/mol. The van der Waals surface area contributed by atoms with Crippen LogP contribution in [-0.4, -0.2) is 34.0 Å². The largest absolute Gasteiger partial charge is 0.342 e. The number of amides is 1. The zero-order valence-corrected chi connectivity index (χ0v) is 13.6. The number of carbonyl (C=O) groups excluding carboxylic acids is 1. The quantitative estimate of drug-likeness (QED) is 0.837. The first kappa shape index (κ1) is 15.5. The molecule has 0 bridgehead atoms. The van der Waals surface area contributed by atoms with Gasteiger partial charge in [-0.1, -0.05) is 37.8 Å². The molecule has 22 heavy (non-hydrogen) atoms. The lowest BCUT2D eigenvalue weighted by Crippen LogP contribution is -2.39. The van der Waals surface area contributed by atoms with Crippen LogP contribution >= 0.6 is 0 Å². The van der Waals surface area contributed by atoms with Gasteiger partial charge in [-0.15, -0.1) is 0 Å². The average Bonchev–Trinajstić information content (AvgIpc) is 3.24. The Hall–Kier alpha value is -1.39. The molecule has 1 saturated heterocycles. The van der Waals surface area contributed by atoms with Crippen LogP contribution in [0.2, 0.25) is 0 Å². The minimum absolute atomic E-state index is 0.219. The predicted molar refractivity (Wildman–Crippen MR) is 83.4 cm³/mol. The Morgan fingerprint density at radius 2 is 2.09 bits per heavy atom. The fourth-order valence-electron chi connectivity index (χ4n) is 3.77. The fourth-order valence-corrected chi connectivity index (χ4v) is 3.77. The molecular formula is C17H27N3O2. The third-order valence-electron chi connectivity index (χ3n) is 5.16. The Morgan fingerprint density at radius 3 is 2.82 bits per heavy atom. The van der Waals surface area contributed by atoms with Crippen LogP contribution in [0.4, 0.5) is 0 Å². The van der Waals surface area contributed by atoms with Crippen molar-refractivity contribution in [3.8, 4) is 0 Å². The van der Waals surface area contributed by atoms with Crippen LogP contribution in [0, 0.1) is 5.92 Å². The number of aryl methyl sites for hydroxylation is 1. The van der Waals surface area contributed by atoms with E-state index >= 15 is 0 Å². The second kappa shape index (κ2) is 7.25. The molecule has 0 radical (unpaired) electrons. The number of piperidine rings is 1. The number of rotatable bonds is 5. The topological polar surface area (TPSA) is 59.2 Å². The van der Waals surface area contributed by atoms with Crippen molar-refractivity contribution in [2.75, 3.05) is 13.1 Å². The molecule has 0 spiro atoms. The van der Waals surface area contributed by atoms with Crippen LogP contribution in [0.25, 0.3) is 0 Å². The molecule has 2 heterocycles. The Bertz CT molecular complexity index is 494. The number of carbonyl (C=O) groups is 1. The van der Waals surface area contributed by atoms with Gasteiger partial charge < -0.3 is 9.42 Å². The first-order valence-electron chi connectivity index (χ1n) is 8.86. The van der Waals surface area contributed by atoms with Crippen molar-refractivity contribution in [2.24, 2.45) is 5.92 Å². The van der Waals surface area contributed by atoms with Crippen molar-refractivity contribution in [1.29, 1.82) is 0 Å². The summed E-state index contributed by atoms with van der Waals surface area (Å²) in [5.41, 5.74) is 0. The van der Waals surface area contributed by atoms with Crippen LogP contribution < -0.4 is 0 Å². The lowest BCUT2D eigenvalue weighted by molar-refractivity contribution is -0.132. The minimum atomic E-state index is 0.219. The van der Waals surface area contributed by atoms with E-state index in [0.717, 1.165) is 50.5 Å². The van der Waals surface area contributed by atoms with E-state index in [4.69, 9.17) is 4.52 Å². The van der Waals surface area contributed by atoms with Crippen LogP contribution in [0.15, 0.2) is 4.52 Å². The molecule has 0 N–H and O–H groups in total. The maximum absolute atomic E-state index is 12.5. The van der Waals surface area contributed by atoms with E-state index in [1.807, 2.05) is 11.8 Å². The van der Waals surface area contributed by atoms with Crippen molar-refractivity contribution in [3.05, 3.63) is 11.7 Å². The number of nitrogens with zero attached hydrogens (tertiary/aromatic N) is 3. The van der Waals surface area contributed by atoms with E-state index in [2.05, 4.69) is 10.1 Å². The number of hydrogen-bond donors (Lipinski definition) is 0. The highest BCUT2D eigenvalue weighted by Gasteiger charge is 2.28. The highest BCUT2D eigenvalue weighted by Crippen LogP contribution is 2.30. The van der Waals surface area contributed by atoms with E-state index in [-0.39, 0.29) is 5.92 Å². The number of aromatic nitrogens is 2. The number of hydrogen-bond acceptors (Lipinski definition) is 4. The molecule has 5 heteroatoms. The number of likely N-dealkylation sites (tertiary alicyclic amines) is 1. The molecule has 1 atom stereocenters. The third kappa shape index (κ3) is 3.68. The molecule has 1 aromatic heterocycles. The SMILES string of the molecule is CCc1noc([C@H]2CCCN(C(=O)CCC3CCCC3)C2)n1. The van der Waals surface area contributed by atoms with Crippen molar-refractivity contribution >= 4 is 5.91 Å². The average molecular weight is 305 g/mol. The Kier molecular flexibility index (Phi) is 5.11. The van der Waals surface area contributed by atoms with Gasteiger partial charge in [0.2, 0.25) is 11.8 Å². The second-order valence-corrected chi connectivity index (χ2v) is 6.77. The second-order valence-electron chi connectivity index (χ2n) is 6.77. The van der Waals surface area contributed by atoms with E-state index in [1.165, 1.54) is 25.7 Å². The molecule has 1 aliphatic heterocycles. The van der Waals surface area contributed by atoms with Crippen LogP contribution in [0.3, 0.4) is 0 Å². The van der Waals surface area contributed by atoms with Crippen LogP contribution in [0.1, 0.15) is 75.9 Å². The van der Waals surface area contributed by atoms with Crippen LogP contribution in [-0.2, 0) is 11.2 Å². The van der Waals surface area contributed by atoms with Crippen molar-refractivity contribution < 1.29 is 9.32 Å². The first-order chi connectivity index (χ1) is 10.8. The van der Waals surface area contributed by atoms with E-state index in [0.29, 0.717) is 18.2 Å². The normalized spacial score (nSPS) is 23.1. The summed E-state index contributed by atoms with van der Waals surface area (Å²) in [6.07, 6.45) is 9.97. The van der Waals surface area contributed by atoms with Crippen molar-refractivity contribution in [3.63, 3.8) is 0 Å². The summed E-state index contributed by atoms with van der Waals surface area (Å²) < 4.78 is 5.37. The highest BCUT2D eigenvalue weighted by atomic mass is 16.5. The maximum atomic E-state index is 12.5. The Morgan fingerprint density at radius 1 is 1.27 bits per heavy atom. The zero-order valence-electron chi connectivity index (χ0n) is 13.6. The molecule has 122 valence electrons. The van der Waals surface area contributed by atoms with Crippen LogP contribution in [0.5, 0.6) is 0 Å². The van der Waals surface area contributed by atoms with Gasteiger partial charge in [0.1, 0.15) is 0 Å². The summed E-state index contributed by atoms with van der Waals surface area (Å²) in [5, 5.41) is 3.98. The third-order valence-corrected chi connectivity index (χ3v) is 5.16. The van der Waals surface area contributed by atoms with Gasteiger partial charge in [0.25, 0.3) is 0 Å². The molecule has 5 nitrogen and oxygen atoms in total. The Labute approximate surface area is 132 Å². The molecule has 3 rings (SSSR count). The van der Waals surface area contributed by atoms with Gasteiger partial charge in [0, 0.05) is 25.9 Å². The minimum Gasteiger partial charge on any atom is -0.342 e. The van der Waals surface area contributed by atoms with Gasteiger partial charge in [-0.3, -0.25) is 4.79 Å². The monoisotopic (exact) mass is 305 g/mol. The van der Waals surface area contributed by atoms with E-state index in [1.54, 1.807) is 0 Å². The molecule has 1 saturated carbocycles. The van der Waals surface area contributed by atoms with Gasteiger partial charge >= 0.3 is 0 Å². The lowest BCUT2D eigenvalue weighted by Gasteiger charge is -2.31. The van der Waals surface area contributed by atoms with Gasteiger partial charge in [-0.05, 0) is 25.2 Å². The maximum Gasteiger partial charge on any atom is 0.231 e. The Balaban J connectivity index is 1.51. The fraction of sp³-hybridized carbons (Fsp3) is 0.824. The van der Waals surface area contributed by atoms with E-state index < -0.39 is 0 Å². The summed E-state index contributed by atoms with van der Waals surface area (Å²) in [6, 6.07) is 0. The summed E-state index contributed by atoms with van der Waals surface area (Å²) in [6.45, 7) is 3.65. The molecule has 1 aliphatic carbocycles. The summed E-state index contributed by atoms with van der Waals surface area (Å²) >= 11 is 0. The predicted octanol–water partition coefficient (Wildman–Crippen LogP) is 3.31. The van der Waals surface area contributed by atoms with Crippen molar-refractivity contribution in [1.82, 2.24) is 15.0 Å². The van der Waals surface area contributed by atoms with Gasteiger partial charge in [0.15, 0.2) is 5.82 Å². The summed E-state index contributed by atoms with van der Waals surface area (Å²) in [7, 11) is 0. The summed E-state index contributed by atoms with van der Waals surface area (Å²) in [4.78, 5) is 18.9. The smallest absolute Gasteiger partial charge is 0.231 e. The summed E-state index contributed by atoms with van der Waals surface area (Å²) in [5.74, 6) is 2.79. The zero-order chi connectivity index (χ0) is 15.4. The van der Waals surface area contributed by atoms with Gasteiger partial charge in [-0.2, -0.15) is 4.98 Å². The molecule has 2 fully saturated rings. The standard InChI is InChI=1S/C17H27N3O2/c1-2-15-18-17(22-19-15)14-8-5-11-20(12-14)16(21)10-9-13-6-3-4-7-13/h13-14H,2-12H2,1H3/t14-/m0/s1. The first-order valence-corrected chi connectivity index (χ1v) is 8.86. The van der Waals surface area contributed by atoms with Crippen molar-refractivity contribution in [2.45, 2.75) is 70.6 Å². The lowest BCUT2D eigenvalue weighted by atomic mass is 9.96.